The molecule has 1 aromatic carbocycles. The molecule has 8 heteroatoms. The monoisotopic (exact) mass is 441 g/mol. The molecule has 1 rings (SSSR count). The number of nitrogens with two attached hydrogens (primary N) is 1. The molecule has 0 saturated heterocycles. The van der Waals surface area contributed by atoms with Gasteiger partial charge in [0.15, 0.2) is 17.5 Å². The quantitative estimate of drug-likeness (QED) is 0.282. The molecule has 130 valence electrons. The second kappa shape index (κ2) is 11.0. The van der Waals surface area contributed by atoms with Gasteiger partial charge < -0.3 is 20.5 Å². The van der Waals surface area contributed by atoms with Gasteiger partial charge in [0.1, 0.15) is 0 Å². The second-order valence-electron chi connectivity index (χ2n) is 4.70. The van der Waals surface area contributed by atoms with Crippen molar-refractivity contribution in [2.75, 3.05) is 20.2 Å². The second-order valence-corrected chi connectivity index (χ2v) is 4.70. The normalized spacial score (nSPS) is 10.9. The van der Waals surface area contributed by atoms with Crippen molar-refractivity contribution in [1.82, 2.24) is 5.32 Å². The molecular formula is C15H22F2IN3O2. The van der Waals surface area contributed by atoms with Crippen molar-refractivity contribution in [3.8, 4) is 11.5 Å². The molecule has 0 spiro atoms. The van der Waals surface area contributed by atoms with Crippen molar-refractivity contribution in [2.45, 2.75) is 20.0 Å². The number of nitrogens with one attached hydrogen (secondary N) is 1. The maximum atomic E-state index is 12.3. The van der Waals surface area contributed by atoms with E-state index >= 15 is 0 Å². The van der Waals surface area contributed by atoms with E-state index in [1.165, 1.54) is 13.2 Å². The molecule has 0 amide bonds. The Kier molecular flexibility index (Phi) is 10.3. The zero-order chi connectivity index (χ0) is 16.5. The highest BCUT2D eigenvalue weighted by Gasteiger charge is 2.11. The number of rotatable bonds is 8. The predicted octanol–water partition coefficient (Wildman–Crippen LogP) is 2.94. The van der Waals surface area contributed by atoms with Gasteiger partial charge >= 0.3 is 6.61 Å². The molecule has 3 N–H and O–H groups in total. The van der Waals surface area contributed by atoms with E-state index in [1.807, 2.05) is 6.92 Å². The maximum absolute atomic E-state index is 12.3. The third kappa shape index (κ3) is 8.58. The fraction of sp³-hybridized carbons (Fsp3) is 0.400. The Bertz CT molecular complexity index is 539. The number of halogens is 3. The zero-order valence-electron chi connectivity index (χ0n) is 13.1. The Hall–Kier alpha value is -1.58. The Labute approximate surface area is 152 Å². The molecular weight excluding hydrogens is 419 g/mol. The Morgan fingerprint density at radius 1 is 1.39 bits per heavy atom. The van der Waals surface area contributed by atoms with Gasteiger partial charge in [0, 0.05) is 6.54 Å². The number of alkyl halides is 2. The topological polar surface area (TPSA) is 68.9 Å². The van der Waals surface area contributed by atoms with Gasteiger partial charge in [0.05, 0.1) is 13.7 Å². The highest BCUT2D eigenvalue weighted by molar-refractivity contribution is 14.0. The first kappa shape index (κ1) is 21.4. The first-order chi connectivity index (χ1) is 10.4. The van der Waals surface area contributed by atoms with Gasteiger partial charge in [-0.2, -0.15) is 8.78 Å². The molecule has 0 radical (unpaired) electrons. The fourth-order valence-corrected chi connectivity index (χ4v) is 1.68. The largest absolute Gasteiger partial charge is 0.493 e. The van der Waals surface area contributed by atoms with E-state index in [4.69, 9.17) is 10.5 Å². The molecule has 5 nitrogen and oxygen atoms in total. The van der Waals surface area contributed by atoms with Gasteiger partial charge in [-0.3, -0.25) is 0 Å². The van der Waals surface area contributed by atoms with Crippen molar-refractivity contribution in [2.24, 2.45) is 10.7 Å². The number of methoxy groups -OCH3 is 1. The van der Waals surface area contributed by atoms with Crippen LogP contribution in [0.1, 0.15) is 12.5 Å². The van der Waals surface area contributed by atoms with Gasteiger partial charge in [-0.15, -0.1) is 24.0 Å². The summed E-state index contributed by atoms with van der Waals surface area (Å²) in [6.07, 6.45) is 0.576. The van der Waals surface area contributed by atoms with E-state index in [1.54, 1.807) is 12.1 Å². The highest BCUT2D eigenvalue weighted by Crippen LogP contribution is 2.29. The molecule has 0 aliphatic rings. The third-order valence-corrected chi connectivity index (χ3v) is 2.68. The van der Waals surface area contributed by atoms with Crippen molar-refractivity contribution in [3.63, 3.8) is 0 Å². The third-order valence-electron chi connectivity index (χ3n) is 2.68. The SMILES string of the molecule is C=C(C)CN=C(N)NCCc1ccc(OC)c(OC(F)F)c1.I. The Morgan fingerprint density at radius 3 is 2.65 bits per heavy atom. The van der Waals surface area contributed by atoms with Crippen LogP contribution in [0.2, 0.25) is 0 Å². The number of guanidine groups is 1. The van der Waals surface area contributed by atoms with E-state index in [0.717, 1.165) is 11.1 Å². The number of hydrogen-bond acceptors (Lipinski definition) is 3. The van der Waals surface area contributed by atoms with E-state index in [0.29, 0.717) is 25.5 Å². The van der Waals surface area contributed by atoms with Crippen molar-refractivity contribution in [1.29, 1.82) is 0 Å². The first-order valence-electron chi connectivity index (χ1n) is 6.72. The fourth-order valence-electron chi connectivity index (χ4n) is 1.68. The van der Waals surface area contributed by atoms with Crippen LogP contribution < -0.4 is 20.5 Å². The molecule has 0 heterocycles. The van der Waals surface area contributed by atoms with Gasteiger partial charge in [-0.1, -0.05) is 18.2 Å². The standard InChI is InChI=1S/C15H21F2N3O2.HI/c1-10(2)9-20-15(18)19-7-6-11-4-5-12(21-3)13(8-11)22-14(16)17;/h4-5,8,14H,1,6-7,9H2,2-3H3,(H3,18,19,20);1H. The number of benzene rings is 1. The van der Waals surface area contributed by atoms with E-state index in [9.17, 15) is 8.78 Å². The van der Waals surface area contributed by atoms with Crippen LogP contribution in [0.3, 0.4) is 0 Å². The lowest BCUT2D eigenvalue weighted by Crippen LogP contribution is -2.33. The summed E-state index contributed by atoms with van der Waals surface area (Å²) in [6.45, 7) is 3.68. The Balaban J connectivity index is 0.00000484. The van der Waals surface area contributed by atoms with Crippen LogP contribution >= 0.6 is 24.0 Å². The van der Waals surface area contributed by atoms with Crippen LogP contribution in [-0.4, -0.2) is 32.8 Å². The van der Waals surface area contributed by atoms with Crippen molar-refractivity contribution < 1.29 is 18.3 Å². The van der Waals surface area contributed by atoms with Crippen LogP contribution in [0.4, 0.5) is 8.78 Å². The Morgan fingerprint density at radius 2 is 2.09 bits per heavy atom. The minimum absolute atomic E-state index is 0. The molecule has 1 aromatic rings. The molecule has 0 saturated carbocycles. The molecule has 0 aliphatic heterocycles. The number of ether oxygens (including phenoxy) is 2. The van der Waals surface area contributed by atoms with Crippen molar-refractivity contribution >= 4 is 29.9 Å². The highest BCUT2D eigenvalue weighted by atomic mass is 127. The number of hydrogen-bond donors (Lipinski definition) is 2. The molecule has 0 fully saturated rings. The lowest BCUT2D eigenvalue weighted by atomic mass is 10.1. The average Bonchev–Trinajstić information content (AvgIpc) is 2.45. The van der Waals surface area contributed by atoms with E-state index in [-0.39, 0.29) is 35.5 Å². The van der Waals surface area contributed by atoms with Gasteiger partial charge in [0.2, 0.25) is 0 Å². The maximum Gasteiger partial charge on any atom is 0.387 e. The summed E-state index contributed by atoms with van der Waals surface area (Å²) in [5.74, 6) is 0.596. The predicted molar refractivity (Wildman–Crippen MR) is 98.1 cm³/mol. The lowest BCUT2D eigenvalue weighted by molar-refractivity contribution is -0.0512. The zero-order valence-corrected chi connectivity index (χ0v) is 15.5. The molecule has 0 bridgehead atoms. The van der Waals surface area contributed by atoms with Crippen LogP contribution in [0.5, 0.6) is 11.5 Å². The molecule has 23 heavy (non-hydrogen) atoms. The van der Waals surface area contributed by atoms with Gasteiger partial charge in [-0.25, -0.2) is 4.99 Å². The van der Waals surface area contributed by atoms with E-state index in [2.05, 4.69) is 21.6 Å². The summed E-state index contributed by atoms with van der Waals surface area (Å²) in [6, 6.07) is 4.89. The van der Waals surface area contributed by atoms with Crippen LogP contribution in [0, 0.1) is 0 Å². The smallest absolute Gasteiger partial charge is 0.387 e. The number of nitrogens with zero attached hydrogens (tertiary/aromatic N) is 1. The summed E-state index contributed by atoms with van der Waals surface area (Å²) in [4.78, 5) is 4.08. The molecule has 0 atom stereocenters. The summed E-state index contributed by atoms with van der Waals surface area (Å²) < 4.78 is 34.1. The van der Waals surface area contributed by atoms with Crippen molar-refractivity contribution in [3.05, 3.63) is 35.9 Å². The van der Waals surface area contributed by atoms with E-state index < -0.39 is 6.61 Å². The minimum Gasteiger partial charge on any atom is -0.493 e. The molecule has 0 aliphatic carbocycles. The van der Waals surface area contributed by atoms with Crippen LogP contribution in [0.25, 0.3) is 0 Å². The first-order valence-corrected chi connectivity index (χ1v) is 6.72. The van der Waals surface area contributed by atoms with Gasteiger partial charge in [-0.05, 0) is 31.0 Å². The van der Waals surface area contributed by atoms with Gasteiger partial charge in [0.25, 0.3) is 0 Å². The summed E-state index contributed by atoms with van der Waals surface area (Å²) in [5, 5.41) is 2.94. The number of aliphatic imine (C=N–C) groups is 1. The average molecular weight is 441 g/mol. The summed E-state index contributed by atoms with van der Waals surface area (Å²) in [5.41, 5.74) is 7.41. The van der Waals surface area contributed by atoms with Crippen LogP contribution in [0.15, 0.2) is 35.3 Å². The summed E-state index contributed by atoms with van der Waals surface area (Å²) in [7, 11) is 1.40. The molecule has 0 aromatic heterocycles. The minimum atomic E-state index is -2.90. The van der Waals surface area contributed by atoms with Crippen LogP contribution in [-0.2, 0) is 6.42 Å². The summed E-state index contributed by atoms with van der Waals surface area (Å²) >= 11 is 0. The molecule has 0 unspecified atom stereocenters. The lowest BCUT2D eigenvalue weighted by Gasteiger charge is -2.12.